The van der Waals surface area contributed by atoms with Gasteiger partial charge in [-0.15, -0.1) is 0 Å². The quantitative estimate of drug-likeness (QED) is 0.0442. The SMILES string of the molecule is CN(C(=O)OC(C)(C)C)c1cc(Cl)nc2c(C(=O)NC3CCC3)cnn12.CNc1cc(Nc2cc(C)cnc2OC)nc2c(C(=O)NC3CCC3)cnn12.COc1ncc(C)cc1N.COc1ncc(C)cc1Nc1cc(N(C)C(=O)OC(C)(C)C)n2ncc(C(=O)NC3CCC3)c2n1. The van der Waals surface area contributed by atoms with Gasteiger partial charge in [0.05, 0.1) is 45.6 Å². The molecule has 0 atom stereocenters. The fourth-order valence-corrected chi connectivity index (χ4v) is 10.2. The number of nitrogen functional groups attached to an aromatic ring is 1. The Hall–Kier alpha value is -10.8. The number of aromatic nitrogens is 12. The Balaban J connectivity index is 0.000000163. The number of pyridine rings is 3. The van der Waals surface area contributed by atoms with Crippen LogP contribution in [0.25, 0.3) is 16.9 Å². The van der Waals surface area contributed by atoms with Gasteiger partial charge in [0.15, 0.2) is 16.9 Å². The Morgan fingerprint density at radius 2 is 0.879 bits per heavy atom. The molecule has 0 spiro atoms. The summed E-state index contributed by atoms with van der Waals surface area (Å²) >= 11 is 6.12. The molecule has 3 aliphatic rings. The van der Waals surface area contributed by atoms with E-state index in [9.17, 15) is 24.0 Å². The van der Waals surface area contributed by atoms with E-state index in [-0.39, 0.29) is 41.0 Å². The van der Waals surface area contributed by atoms with Crippen LogP contribution in [0, 0.1) is 20.8 Å². The van der Waals surface area contributed by atoms with Gasteiger partial charge in [-0.1, -0.05) is 11.6 Å². The predicted octanol–water partition coefficient (Wildman–Crippen LogP) is 10.4. The number of fused-ring (bicyclic) bond motifs is 3. The maximum Gasteiger partial charge on any atom is 0.415 e. The summed E-state index contributed by atoms with van der Waals surface area (Å²) in [6.07, 6.45) is 17.7. The van der Waals surface area contributed by atoms with Crippen molar-refractivity contribution in [2.45, 2.75) is 149 Å². The van der Waals surface area contributed by atoms with Gasteiger partial charge in [0.2, 0.25) is 17.6 Å². The Labute approximate surface area is 577 Å². The lowest BCUT2D eigenvalue weighted by molar-refractivity contribution is 0.0577. The number of hydrogen-bond donors (Lipinski definition) is 7. The van der Waals surface area contributed by atoms with Gasteiger partial charge in [-0.3, -0.25) is 24.2 Å². The topological polar surface area (TPSA) is 365 Å². The zero-order valence-electron chi connectivity index (χ0n) is 58.3. The molecule has 0 aromatic carbocycles. The summed E-state index contributed by atoms with van der Waals surface area (Å²) in [7, 11) is 9.57. The summed E-state index contributed by atoms with van der Waals surface area (Å²) in [6.45, 7) is 16.5. The number of ether oxygens (including phenoxy) is 5. The number of carbonyl (C=O) groups is 5. The molecule has 0 saturated heterocycles. The smallest absolute Gasteiger partial charge is 0.415 e. The highest BCUT2D eigenvalue weighted by atomic mass is 35.5. The van der Waals surface area contributed by atoms with Gasteiger partial charge in [0, 0.05) is 76.1 Å². The number of nitrogens with one attached hydrogen (secondary N) is 6. The largest absolute Gasteiger partial charge is 0.480 e. The summed E-state index contributed by atoms with van der Waals surface area (Å²) in [5.41, 5.74) is 11.2. The molecular formula is C67H86ClN21O10. The molecule has 3 saturated carbocycles. The summed E-state index contributed by atoms with van der Waals surface area (Å²) in [4.78, 5) is 92.0. The highest BCUT2D eigenvalue weighted by Gasteiger charge is 2.30. The van der Waals surface area contributed by atoms with Gasteiger partial charge >= 0.3 is 12.2 Å². The maximum absolute atomic E-state index is 13.0. The monoisotopic (exact) mass is 1380 g/mol. The lowest BCUT2D eigenvalue weighted by Gasteiger charge is -2.26. The molecule has 0 aliphatic heterocycles. The maximum atomic E-state index is 13.0. The average Bonchev–Trinajstić information content (AvgIpc) is 1.69. The summed E-state index contributed by atoms with van der Waals surface area (Å²) in [5, 5.41) is 31.6. The van der Waals surface area contributed by atoms with E-state index in [4.69, 9.17) is 41.0 Å². The number of aryl methyl sites for hydroxylation is 3. The van der Waals surface area contributed by atoms with Crippen LogP contribution in [0.5, 0.6) is 17.6 Å². The summed E-state index contributed by atoms with van der Waals surface area (Å²) in [6, 6.07) is 11.2. The van der Waals surface area contributed by atoms with Crippen molar-refractivity contribution in [3.63, 3.8) is 0 Å². The van der Waals surface area contributed by atoms with Crippen LogP contribution in [0.4, 0.5) is 55.7 Å². The van der Waals surface area contributed by atoms with Gasteiger partial charge < -0.3 is 61.3 Å². The second-order valence-corrected chi connectivity index (χ2v) is 26.4. The van der Waals surface area contributed by atoms with E-state index in [0.717, 1.165) is 74.5 Å². The van der Waals surface area contributed by atoms with Crippen LogP contribution in [0.1, 0.15) is 147 Å². The first-order chi connectivity index (χ1) is 47.0. The molecular weight excluding hydrogens is 1290 g/mol. The molecule has 526 valence electrons. The summed E-state index contributed by atoms with van der Waals surface area (Å²) < 4.78 is 31.0. The van der Waals surface area contributed by atoms with Crippen LogP contribution in [-0.4, -0.2) is 160 Å². The molecule has 9 aromatic rings. The first-order valence-electron chi connectivity index (χ1n) is 32.2. The number of nitrogens with zero attached hydrogens (tertiary/aromatic N) is 14. The van der Waals surface area contributed by atoms with E-state index in [1.54, 1.807) is 112 Å². The minimum absolute atomic E-state index is 0.152. The first-order valence-corrected chi connectivity index (χ1v) is 32.6. The third-order valence-electron chi connectivity index (χ3n) is 15.8. The fourth-order valence-electron chi connectivity index (χ4n) is 10.0. The second-order valence-electron chi connectivity index (χ2n) is 26.0. The van der Waals surface area contributed by atoms with E-state index < -0.39 is 23.4 Å². The van der Waals surface area contributed by atoms with Crippen LogP contribution in [-0.2, 0) is 9.47 Å². The standard InChI is InChI=1S/C24H31N7O4.C19H23N7O2.C17H22ClN5O3.C7H10N2O/c1-14-10-17(22(34-6)25-12-14)28-18-11-19(30(5)23(33)35-24(2,3)4)31-20(29-18)16(13-26-31)21(32)27-15-8-7-9-15;1-11-7-14(19(28-3)21-9-11)24-15-8-16(20-2)26-17(25-15)13(10-22-26)18(27)23-12-5-4-6-12;1-17(2,3)26-16(25)22(4)13-8-12(18)21-14-11(9-19-23(13)14)15(24)20-10-6-5-7-10;1-5-3-6(8)7(10-2)9-4-5/h10-13,15H,7-9H2,1-6H3,(H,27,32)(H,28,29);7-10,12,20H,4-6H2,1-3H3,(H,23,27)(H,24,25);8-10H,5-7H2,1-4H3,(H,20,24);3-4H,8H2,1-2H3. The fraction of sp³-hybridized carbons (Fsp3) is 0.433. The Morgan fingerprint density at radius 3 is 1.25 bits per heavy atom. The number of halogens is 1. The molecule has 99 heavy (non-hydrogen) atoms. The van der Waals surface area contributed by atoms with Crippen molar-refractivity contribution in [1.29, 1.82) is 0 Å². The van der Waals surface area contributed by atoms with Crippen LogP contribution >= 0.6 is 11.6 Å². The normalized spacial score (nSPS) is 13.6. The predicted molar refractivity (Wildman–Crippen MR) is 376 cm³/mol. The van der Waals surface area contributed by atoms with Crippen molar-refractivity contribution < 1.29 is 47.7 Å². The lowest BCUT2D eigenvalue weighted by Crippen LogP contribution is -2.39. The van der Waals surface area contributed by atoms with E-state index in [0.29, 0.717) is 97.4 Å². The third-order valence-corrected chi connectivity index (χ3v) is 16.0. The molecule has 8 N–H and O–H groups in total. The molecule has 0 unspecified atom stereocenters. The molecule has 5 amide bonds. The highest BCUT2D eigenvalue weighted by Crippen LogP contribution is 2.33. The molecule has 9 aromatic heterocycles. The van der Waals surface area contributed by atoms with E-state index in [2.05, 4.69) is 77.1 Å². The van der Waals surface area contributed by atoms with E-state index >= 15 is 0 Å². The number of anilines is 8. The van der Waals surface area contributed by atoms with Crippen molar-refractivity contribution in [3.8, 4) is 17.6 Å². The second kappa shape index (κ2) is 31.1. The third kappa shape index (κ3) is 18.0. The molecule has 31 nitrogen and oxygen atoms in total. The Morgan fingerprint density at radius 1 is 0.515 bits per heavy atom. The zero-order valence-corrected chi connectivity index (χ0v) is 59.1. The first kappa shape index (κ1) is 72.4. The number of amides is 5. The van der Waals surface area contributed by atoms with Crippen molar-refractivity contribution in [1.82, 2.24) is 74.7 Å². The van der Waals surface area contributed by atoms with E-state index in [1.807, 2.05) is 45.0 Å². The molecule has 0 radical (unpaired) electrons. The molecule has 3 aliphatic carbocycles. The van der Waals surface area contributed by atoms with Gasteiger partial charge in [-0.05, 0) is 155 Å². The number of nitrogens with two attached hydrogens (primary N) is 1. The van der Waals surface area contributed by atoms with Crippen LogP contribution in [0.3, 0.4) is 0 Å². The van der Waals surface area contributed by atoms with Crippen LogP contribution < -0.4 is 61.6 Å². The van der Waals surface area contributed by atoms with Crippen molar-refractivity contribution in [2.75, 3.05) is 74.0 Å². The number of hydrogen-bond acceptors (Lipinski definition) is 23. The molecule has 0 bridgehead atoms. The molecule has 3 fully saturated rings. The zero-order chi connectivity index (χ0) is 71.6. The van der Waals surface area contributed by atoms with Crippen molar-refractivity contribution >= 4 is 105 Å². The minimum atomic E-state index is -0.683. The average molecular weight is 1380 g/mol. The van der Waals surface area contributed by atoms with Gasteiger partial charge in [0.1, 0.15) is 73.5 Å². The molecule has 32 heteroatoms. The number of methoxy groups -OCH3 is 3. The van der Waals surface area contributed by atoms with Gasteiger partial charge in [0.25, 0.3) is 17.7 Å². The van der Waals surface area contributed by atoms with Crippen LogP contribution in [0.15, 0.2) is 73.6 Å². The van der Waals surface area contributed by atoms with E-state index in [1.165, 1.54) is 44.4 Å². The Bertz CT molecular complexity index is 4420. The van der Waals surface area contributed by atoms with Crippen molar-refractivity contribution in [2.24, 2.45) is 0 Å². The minimum Gasteiger partial charge on any atom is -0.480 e. The molecule has 12 rings (SSSR count). The van der Waals surface area contributed by atoms with Crippen LogP contribution in [0.2, 0.25) is 5.15 Å². The molecule has 9 heterocycles. The highest BCUT2D eigenvalue weighted by molar-refractivity contribution is 6.30. The lowest BCUT2D eigenvalue weighted by atomic mass is 9.93. The number of carbonyl (C=O) groups excluding carboxylic acids is 5. The number of rotatable bonds is 16. The van der Waals surface area contributed by atoms with Crippen molar-refractivity contribution in [3.05, 3.63) is 112 Å². The summed E-state index contributed by atoms with van der Waals surface area (Å²) in [5.74, 6) is 3.06. The Kier molecular flexibility index (Phi) is 22.8. The van der Waals surface area contributed by atoms with Gasteiger partial charge in [-0.25, -0.2) is 39.5 Å². The van der Waals surface area contributed by atoms with Gasteiger partial charge in [-0.2, -0.15) is 28.8 Å².